The number of nitrogens with two attached hydrogens (primary N) is 1. The second-order valence-electron chi connectivity index (χ2n) is 3.61. The van der Waals surface area contributed by atoms with Gasteiger partial charge in [0.1, 0.15) is 0 Å². The highest BCUT2D eigenvalue weighted by molar-refractivity contribution is 5.15. The molecule has 0 amide bonds. The summed E-state index contributed by atoms with van der Waals surface area (Å²) in [6.07, 6.45) is 11.4. The molecule has 1 rings (SSSR count). The molecule has 1 aliphatic heterocycles. The molecule has 0 fully saturated rings. The van der Waals surface area contributed by atoms with Gasteiger partial charge in [-0.2, -0.15) is 0 Å². The van der Waals surface area contributed by atoms with Crippen molar-refractivity contribution in [1.29, 1.82) is 0 Å². The third-order valence-electron chi connectivity index (χ3n) is 2.29. The second kappa shape index (κ2) is 5.68. The summed E-state index contributed by atoms with van der Waals surface area (Å²) in [6.45, 7) is 4.29. The molecule has 0 saturated carbocycles. The molecule has 1 aliphatic rings. The minimum atomic E-state index is 0.905. The Morgan fingerprint density at radius 3 is 2.92 bits per heavy atom. The van der Waals surface area contributed by atoms with E-state index in [1.165, 1.54) is 25.7 Å². The van der Waals surface area contributed by atoms with E-state index in [-0.39, 0.29) is 0 Å². The van der Waals surface area contributed by atoms with Gasteiger partial charge in [-0.3, -0.25) is 0 Å². The van der Waals surface area contributed by atoms with Crippen LogP contribution in [0.15, 0.2) is 24.0 Å². The zero-order valence-corrected chi connectivity index (χ0v) is 8.50. The zero-order chi connectivity index (χ0) is 9.52. The van der Waals surface area contributed by atoms with Gasteiger partial charge in [-0.1, -0.05) is 26.2 Å². The van der Waals surface area contributed by atoms with Crippen molar-refractivity contribution in [2.45, 2.75) is 32.6 Å². The van der Waals surface area contributed by atoms with Crippen LogP contribution in [0.3, 0.4) is 0 Å². The van der Waals surface area contributed by atoms with E-state index in [0.717, 1.165) is 18.8 Å². The molecule has 0 spiro atoms. The van der Waals surface area contributed by atoms with Gasteiger partial charge >= 0.3 is 0 Å². The van der Waals surface area contributed by atoms with Gasteiger partial charge in [-0.05, 0) is 24.8 Å². The first kappa shape index (κ1) is 10.2. The van der Waals surface area contributed by atoms with Crippen LogP contribution in [0.4, 0.5) is 0 Å². The molecule has 1 heterocycles. The summed E-state index contributed by atoms with van der Waals surface area (Å²) in [7, 11) is 0. The van der Waals surface area contributed by atoms with Crippen LogP contribution in [0.25, 0.3) is 0 Å². The van der Waals surface area contributed by atoms with Crippen molar-refractivity contribution in [2.75, 3.05) is 13.1 Å². The molecule has 0 aliphatic carbocycles. The Labute approximate surface area is 81.1 Å². The predicted molar refractivity (Wildman–Crippen MR) is 57.1 cm³/mol. The maximum atomic E-state index is 5.72. The molecule has 0 aromatic rings. The summed E-state index contributed by atoms with van der Waals surface area (Å²) in [5.74, 6) is 0. The molecule has 13 heavy (non-hydrogen) atoms. The van der Waals surface area contributed by atoms with Gasteiger partial charge in [-0.15, -0.1) is 0 Å². The summed E-state index contributed by atoms with van der Waals surface area (Å²) in [6, 6.07) is 0. The van der Waals surface area contributed by atoms with Crippen LogP contribution in [-0.4, -0.2) is 18.0 Å². The van der Waals surface area contributed by atoms with Crippen molar-refractivity contribution in [3.63, 3.8) is 0 Å². The molecule has 0 saturated heterocycles. The van der Waals surface area contributed by atoms with Gasteiger partial charge in [0.25, 0.3) is 0 Å². The van der Waals surface area contributed by atoms with Crippen molar-refractivity contribution in [2.24, 2.45) is 5.73 Å². The monoisotopic (exact) mass is 180 g/mol. The Balaban J connectivity index is 2.10. The maximum absolute atomic E-state index is 5.72. The lowest BCUT2D eigenvalue weighted by atomic mass is 10.2. The number of nitrogens with zero attached hydrogens (tertiary/aromatic N) is 1. The normalized spacial score (nSPS) is 16.1. The molecule has 0 bridgehead atoms. The van der Waals surface area contributed by atoms with Gasteiger partial charge in [-0.25, -0.2) is 0 Å². The van der Waals surface area contributed by atoms with Gasteiger partial charge in [0.05, 0.1) is 6.54 Å². The average Bonchev–Trinajstić information content (AvgIpc) is 2.13. The summed E-state index contributed by atoms with van der Waals surface area (Å²) in [4.78, 5) is 2.28. The van der Waals surface area contributed by atoms with Crippen LogP contribution in [0.1, 0.15) is 32.6 Å². The molecule has 2 N–H and O–H groups in total. The van der Waals surface area contributed by atoms with Crippen LogP contribution in [0, 0.1) is 0 Å². The number of rotatable bonds is 5. The quantitative estimate of drug-likeness (QED) is 0.657. The van der Waals surface area contributed by atoms with E-state index in [1.807, 2.05) is 12.2 Å². The first-order valence-corrected chi connectivity index (χ1v) is 5.20. The Bertz CT molecular complexity index is 194. The van der Waals surface area contributed by atoms with Gasteiger partial charge in [0, 0.05) is 12.2 Å². The molecule has 0 unspecified atom stereocenters. The largest absolute Gasteiger partial charge is 0.401 e. The van der Waals surface area contributed by atoms with Crippen LogP contribution >= 0.6 is 0 Å². The molecular formula is C11H20N2. The highest BCUT2D eigenvalue weighted by Crippen LogP contribution is 2.06. The van der Waals surface area contributed by atoms with Crippen molar-refractivity contribution < 1.29 is 0 Å². The molecule has 2 nitrogen and oxygen atoms in total. The van der Waals surface area contributed by atoms with Crippen LogP contribution in [0.2, 0.25) is 0 Å². The second-order valence-corrected chi connectivity index (χ2v) is 3.61. The van der Waals surface area contributed by atoms with Crippen molar-refractivity contribution >= 4 is 0 Å². The van der Waals surface area contributed by atoms with E-state index in [4.69, 9.17) is 5.73 Å². The van der Waals surface area contributed by atoms with E-state index in [9.17, 15) is 0 Å². The highest BCUT2D eigenvalue weighted by atomic mass is 15.1. The van der Waals surface area contributed by atoms with E-state index < -0.39 is 0 Å². The molecular weight excluding hydrogens is 160 g/mol. The van der Waals surface area contributed by atoms with E-state index in [1.54, 1.807) is 0 Å². The predicted octanol–water partition coefficient (Wildman–Crippen LogP) is 2.24. The van der Waals surface area contributed by atoms with E-state index in [2.05, 4.69) is 18.0 Å². The lowest BCUT2D eigenvalue weighted by Gasteiger charge is -2.22. The van der Waals surface area contributed by atoms with Gasteiger partial charge < -0.3 is 10.6 Å². The minimum absolute atomic E-state index is 0.905. The SMILES string of the molecule is CCCCCCN1C=CC=C(N)C1. The van der Waals surface area contributed by atoms with E-state index in [0.29, 0.717) is 0 Å². The number of hydrogen-bond acceptors (Lipinski definition) is 2. The van der Waals surface area contributed by atoms with Crippen LogP contribution < -0.4 is 5.73 Å². The summed E-state index contributed by atoms with van der Waals surface area (Å²) < 4.78 is 0. The third-order valence-corrected chi connectivity index (χ3v) is 2.29. The zero-order valence-electron chi connectivity index (χ0n) is 8.50. The summed E-state index contributed by atoms with van der Waals surface area (Å²) in [5.41, 5.74) is 6.69. The fraction of sp³-hybridized carbons (Fsp3) is 0.636. The number of hydrogen-bond donors (Lipinski definition) is 1. The van der Waals surface area contributed by atoms with Crippen LogP contribution in [0.5, 0.6) is 0 Å². The lowest BCUT2D eigenvalue weighted by Crippen LogP contribution is -2.26. The van der Waals surface area contributed by atoms with Crippen molar-refractivity contribution in [3.8, 4) is 0 Å². The Morgan fingerprint density at radius 1 is 1.38 bits per heavy atom. The Hall–Kier alpha value is -0.920. The van der Waals surface area contributed by atoms with Crippen molar-refractivity contribution in [3.05, 3.63) is 24.0 Å². The molecule has 0 aromatic heterocycles. The van der Waals surface area contributed by atoms with Crippen molar-refractivity contribution in [1.82, 2.24) is 4.90 Å². The first-order chi connectivity index (χ1) is 6.33. The Morgan fingerprint density at radius 2 is 2.23 bits per heavy atom. The molecule has 0 atom stereocenters. The van der Waals surface area contributed by atoms with Gasteiger partial charge in [0.2, 0.25) is 0 Å². The fourth-order valence-corrected chi connectivity index (χ4v) is 1.52. The Kier molecular flexibility index (Phi) is 4.44. The first-order valence-electron chi connectivity index (χ1n) is 5.20. The number of unbranched alkanes of at least 4 members (excludes halogenated alkanes) is 3. The highest BCUT2D eigenvalue weighted by Gasteiger charge is 2.03. The lowest BCUT2D eigenvalue weighted by molar-refractivity contribution is 0.384. The summed E-state index contributed by atoms with van der Waals surface area (Å²) in [5, 5.41) is 0. The van der Waals surface area contributed by atoms with E-state index >= 15 is 0 Å². The molecule has 0 radical (unpaired) electrons. The third kappa shape index (κ3) is 4.02. The topological polar surface area (TPSA) is 29.3 Å². The molecule has 2 heteroatoms. The maximum Gasteiger partial charge on any atom is 0.0569 e. The molecule has 74 valence electrons. The summed E-state index contributed by atoms with van der Waals surface area (Å²) >= 11 is 0. The van der Waals surface area contributed by atoms with Gasteiger partial charge in [0.15, 0.2) is 0 Å². The smallest absolute Gasteiger partial charge is 0.0569 e. The fourth-order valence-electron chi connectivity index (χ4n) is 1.52. The number of allylic oxidation sites excluding steroid dienone is 2. The minimum Gasteiger partial charge on any atom is -0.401 e. The average molecular weight is 180 g/mol. The standard InChI is InChI=1S/C11H20N2/c1-2-3-4-5-8-13-9-6-7-11(12)10-13/h6-7,9H,2-5,8,10,12H2,1H3. The van der Waals surface area contributed by atoms with Crippen LogP contribution in [-0.2, 0) is 0 Å². The molecule has 0 aromatic carbocycles.